The summed E-state index contributed by atoms with van der Waals surface area (Å²) in [5, 5.41) is 6.12. The van der Waals surface area contributed by atoms with Crippen LogP contribution in [0.15, 0.2) is 59.5 Å². The number of carbonyl (C=O) groups excluding carboxylic acids is 1. The molecule has 0 spiro atoms. The molecule has 1 aromatic heterocycles. The number of hydrogen-bond acceptors (Lipinski definition) is 6. The second kappa shape index (κ2) is 8.49. The number of fused-ring (bicyclic) bond motifs is 1. The molecule has 0 bridgehead atoms. The van der Waals surface area contributed by atoms with E-state index in [1.165, 1.54) is 6.07 Å². The van der Waals surface area contributed by atoms with Crippen molar-refractivity contribution >= 4 is 26.8 Å². The lowest BCUT2D eigenvalue weighted by atomic mass is 10.0. The van der Waals surface area contributed by atoms with E-state index in [4.69, 9.17) is 14.7 Å². The van der Waals surface area contributed by atoms with Crippen LogP contribution in [0.25, 0.3) is 22.2 Å². The smallest absolute Gasteiger partial charge is 0.277 e. The van der Waals surface area contributed by atoms with Gasteiger partial charge in [-0.25, -0.2) is 28.9 Å². The number of nitrogens with zero attached hydrogens (tertiary/aromatic N) is 1. The molecule has 1 fully saturated rings. The zero-order valence-electron chi connectivity index (χ0n) is 16.1. The van der Waals surface area contributed by atoms with E-state index in [0.717, 1.165) is 18.2 Å². The summed E-state index contributed by atoms with van der Waals surface area (Å²) in [6, 6.07) is 15.1. The Bertz CT molecular complexity index is 1190. The number of pyridine rings is 1. The number of hydrogen-bond donors (Lipinski definition) is 2. The highest BCUT2D eigenvalue weighted by molar-refractivity contribution is 7.89. The number of carbonyl (C=O) groups is 1. The third-order valence-corrected chi connectivity index (χ3v) is 5.81. The molecule has 1 amide bonds. The van der Waals surface area contributed by atoms with Gasteiger partial charge in [0.2, 0.25) is 10.0 Å². The fourth-order valence-corrected chi connectivity index (χ4v) is 4.12. The summed E-state index contributed by atoms with van der Waals surface area (Å²) >= 11 is 0. The average Bonchev–Trinajstić information content (AvgIpc) is 2.76. The van der Waals surface area contributed by atoms with E-state index in [1.54, 1.807) is 30.3 Å². The van der Waals surface area contributed by atoms with Crippen LogP contribution in [0.3, 0.4) is 0 Å². The van der Waals surface area contributed by atoms with Crippen molar-refractivity contribution in [2.45, 2.75) is 30.4 Å². The lowest BCUT2D eigenvalue weighted by Gasteiger charge is -2.22. The Balaban J connectivity index is 1.78. The van der Waals surface area contributed by atoms with Gasteiger partial charge in [0.15, 0.2) is 6.29 Å². The Morgan fingerprint density at radius 2 is 1.90 bits per heavy atom. The molecule has 1 unspecified atom stereocenters. The fraction of sp³-hybridized carbons (Fsp3) is 0.238. The number of sulfonamides is 1. The summed E-state index contributed by atoms with van der Waals surface area (Å²) in [6.07, 6.45) is 2.07. The second-order valence-electron chi connectivity index (χ2n) is 6.96. The minimum Gasteiger partial charge on any atom is -0.350 e. The van der Waals surface area contributed by atoms with Crippen LogP contribution in [-0.4, -0.2) is 32.2 Å². The molecule has 2 heterocycles. The molecule has 156 valence electrons. The predicted octanol–water partition coefficient (Wildman–Crippen LogP) is 2.74. The molecule has 30 heavy (non-hydrogen) atoms. The van der Waals surface area contributed by atoms with Crippen molar-refractivity contribution in [1.82, 2.24) is 10.5 Å². The second-order valence-corrected chi connectivity index (χ2v) is 8.49. The zero-order valence-corrected chi connectivity index (χ0v) is 16.9. The largest absolute Gasteiger partial charge is 0.350 e. The number of ether oxygens (including phenoxy) is 1. The van der Waals surface area contributed by atoms with Gasteiger partial charge in [-0.3, -0.25) is 4.79 Å². The van der Waals surface area contributed by atoms with Gasteiger partial charge in [0.1, 0.15) is 0 Å². The maximum atomic E-state index is 13.0. The molecule has 0 aliphatic carbocycles. The van der Waals surface area contributed by atoms with Crippen molar-refractivity contribution in [3.05, 3.63) is 60.2 Å². The standard InChI is InChI=1S/C21H21N3O5S/c22-30(26,27)18-10-4-2-8-15(18)20-16(13-14-7-1-3-9-17(14)23-20)21(25)24-29-19-11-5-6-12-28-19/h1-4,7-10,13,19H,5-6,11-12H2,(H,24,25)(H2,22,26,27). The van der Waals surface area contributed by atoms with Crippen LogP contribution in [-0.2, 0) is 19.6 Å². The Morgan fingerprint density at radius 3 is 2.67 bits per heavy atom. The summed E-state index contributed by atoms with van der Waals surface area (Å²) in [7, 11) is -4.03. The van der Waals surface area contributed by atoms with Crippen LogP contribution in [0.4, 0.5) is 0 Å². The van der Waals surface area contributed by atoms with E-state index in [1.807, 2.05) is 18.2 Å². The molecule has 0 saturated carbocycles. The van der Waals surface area contributed by atoms with Crippen LogP contribution in [0.2, 0.25) is 0 Å². The highest BCUT2D eigenvalue weighted by atomic mass is 32.2. The van der Waals surface area contributed by atoms with E-state index in [2.05, 4.69) is 10.5 Å². The molecular weight excluding hydrogens is 406 g/mol. The summed E-state index contributed by atoms with van der Waals surface area (Å²) in [4.78, 5) is 22.8. The Kier molecular flexibility index (Phi) is 5.78. The van der Waals surface area contributed by atoms with Crippen molar-refractivity contribution in [3.63, 3.8) is 0 Å². The van der Waals surface area contributed by atoms with Gasteiger partial charge in [-0.1, -0.05) is 36.4 Å². The van der Waals surface area contributed by atoms with Gasteiger partial charge in [-0.05, 0) is 31.0 Å². The van der Waals surface area contributed by atoms with Gasteiger partial charge in [0.05, 0.1) is 21.7 Å². The molecule has 0 radical (unpaired) electrons. The number of rotatable bonds is 5. The monoisotopic (exact) mass is 427 g/mol. The lowest BCUT2D eigenvalue weighted by molar-refractivity contribution is -0.186. The number of hydroxylamine groups is 1. The van der Waals surface area contributed by atoms with Gasteiger partial charge < -0.3 is 4.74 Å². The SMILES string of the molecule is NS(=O)(=O)c1ccccc1-c1nc2ccccc2cc1C(=O)NOC1CCCCO1. The van der Waals surface area contributed by atoms with E-state index in [0.29, 0.717) is 18.5 Å². The van der Waals surface area contributed by atoms with E-state index in [-0.39, 0.29) is 21.7 Å². The average molecular weight is 427 g/mol. The van der Waals surface area contributed by atoms with Crippen LogP contribution in [0, 0.1) is 0 Å². The van der Waals surface area contributed by atoms with E-state index >= 15 is 0 Å². The molecule has 8 nitrogen and oxygen atoms in total. The third-order valence-electron chi connectivity index (χ3n) is 4.84. The number of aromatic nitrogens is 1. The molecule has 1 aliphatic rings. The summed E-state index contributed by atoms with van der Waals surface area (Å²) in [5.74, 6) is -0.554. The topological polar surface area (TPSA) is 121 Å². The maximum absolute atomic E-state index is 13.0. The van der Waals surface area contributed by atoms with Gasteiger partial charge >= 0.3 is 0 Å². The minimum absolute atomic E-state index is 0.113. The molecule has 9 heteroatoms. The van der Waals surface area contributed by atoms with Crippen LogP contribution in [0.5, 0.6) is 0 Å². The van der Waals surface area contributed by atoms with Crippen LogP contribution >= 0.6 is 0 Å². The van der Waals surface area contributed by atoms with Crippen molar-refractivity contribution < 1.29 is 22.8 Å². The first kappa shape index (κ1) is 20.4. The quantitative estimate of drug-likeness (QED) is 0.604. The first-order valence-corrected chi connectivity index (χ1v) is 11.1. The van der Waals surface area contributed by atoms with Gasteiger partial charge in [-0.15, -0.1) is 0 Å². The molecule has 1 saturated heterocycles. The first-order valence-electron chi connectivity index (χ1n) is 9.53. The van der Waals surface area contributed by atoms with Crippen LogP contribution < -0.4 is 10.6 Å². The molecule has 4 rings (SSSR count). The number of nitrogens with one attached hydrogen (secondary N) is 1. The number of para-hydroxylation sites is 1. The number of amides is 1. The van der Waals surface area contributed by atoms with E-state index < -0.39 is 22.2 Å². The zero-order chi connectivity index (χ0) is 21.1. The van der Waals surface area contributed by atoms with Crippen molar-refractivity contribution in [1.29, 1.82) is 0 Å². The molecular formula is C21H21N3O5S. The fourth-order valence-electron chi connectivity index (χ4n) is 3.38. The molecule has 1 atom stereocenters. The third kappa shape index (κ3) is 4.34. The predicted molar refractivity (Wildman–Crippen MR) is 111 cm³/mol. The highest BCUT2D eigenvalue weighted by Gasteiger charge is 2.23. The lowest BCUT2D eigenvalue weighted by Crippen LogP contribution is -2.33. The Hall–Kier alpha value is -2.85. The normalized spacial score (nSPS) is 17.0. The van der Waals surface area contributed by atoms with Crippen molar-refractivity contribution in [3.8, 4) is 11.3 Å². The number of benzene rings is 2. The Morgan fingerprint density at radius 1 is 1.13 bits per heavy atom. The number of nitrogens with two attached hydrogens (primary N) is 1. The van der Waals surface area contributed by atoms with Crippen LogP contribution in [0.1, 0.15) is 29.6 Å². The summed E-state index contributed by atoms with van der Waals surface area (Å²) in [6.45, 7) is 0.574. The van der Waals surface area contributed by atoms with Crippen molar-refractivity contribution in [2.75, 3.05) is 6.61 Å². The molecule has 1 aliphatic heterocycles. The Labute approximate surface area is 174 Å². The number of primary sulfonamides is 1. The van der Waals surface area contributed by atoms with Gasteiger partial charge in [0, 0.05) is 24.0 Å². The maximum Gasteiger partial charge on any atom is 0.277 e. The summed E-state index contributed by atoms with van der Waals surface area (Å²) < 4.78 is 29.7. The molecule has 2 aromatic carbocycles. The van der Waals surface area contributed by atoms with Crippen molar-refractivity contribution in [2.24, 2.45) is 5.14 Å². The highest BCUT2D eigenvalue weighted by Crippen LogP contribution is 2.30. The first-order chi connectivity index (χ1) is 14.4. The molecule has 3 aromatic rings. The van der Waals surface area contributed by atoms with E-state index in [9.17, 15) is 13.2 Å². The molecule has 3 N–H and O–H groups in total. The van der Waals surface area contributed by atoms with Gasteiger partial charge in [-0.2, -0.15) is 0 Å². The minimum atomic E-state index is -4.03. The van der Waals surface area contributed by atoms with Gasteiger partial charge in [0.25, 0.3) is 5.91 Å². The summed E-state index contributed by atoms with van der Waals surface area (Å²) in [5.41, 5.74) is 3.64.